The number of hydrazine groups is 1. The van der Waals surface area contributed by atoms with Crippen LogP contribution in [0.15, 0.2) is 30.9 Å². The van der Waals surface area contributed by atoms with Crippen molar-refractivity contribution in [1.29, 1.82) is 0 Å². The molecule has 2 heterocycles. The summed E-state index contributed by atoms with van der Waals surface area (Å²) in [4.78, 5) is 23.0. The summed E-state index contributed by atoms with van der Waals surface area (Å²) in [5, 5.41) is 2.35. The summed E-state index contributed by atoms with van der Waals surface area (Å²) >= 11 is 0. The van der Waals surface area contributed by atoms with Gasteiger partial charge in [0, 0.05) is 6.20 Å². The molecular weight excluding hydrogens is 239 g/mol. The first-order chi connectivity index (χ1) is 8.70. The van der Waals surface area contributed by atoms with E-state index in [9.17, 15) is 9.18 Å². The zero-order chi connectivity index (χ0) is 13.0. The third kappa shape index (κ3) is 2.55. The highest BCUT2D eigenvalue weighted by molar-refractivity contribution is 6.02. The lowest BCUT2D eigenvalue weighted by atomic mass is 10.3. The Balaban J connectivity index is 2.19. The van der Waals surface area contributed by atoms with Gasteiger partial charge in [-0.3, -0.25) is 14.8 Å². The van der Waals surface area contributed by atoms with Crippen molar-refractivity contribution in [1.82, 2.24) is 15.0 Å². The lowest BCUT2D eigenvalue weighted by Crippen LogP contribution is -2.17. The number of halogens is 1. The fourth-order valence-electron chi connectivity index (χ4n) is 1.21. The van der Waals surface area contributed by atoms with Gasteiger partial charge in [-0.25, -0.2) is 15.2 Å². The Labute approximate surface area is 101 Å². The molecule has 8 heteroatoms. The molecule has 18 heavy (non-hydrogen) atoms. The first-order valence-electron chi connectivity index (χ1n) is 4.90. The number of nitrogens with zero attached hydrogens (tertiary/aromatic N) is 3. The van der Waals surface area contributed by atoms with Gasteiger partial charge in [0.2, 0.25) is 0 Å². The van der Waals surface area contributed by atoms with E-state index in [1.165, 1.54) is 24.7 Å². The van der Waals surface area contributed by atoms with Crippen LogP contribution in [0.4, 0.5) is 15.9 Å². The molecule has 0 saturated heterocycles. The average Bonchev–Trinajstić information content (AvgIpc) is 2.41. The second-order valence-corrected chi connectivity index (χ2v) is 3.24. The lowest BCUT2D eigenvalue weighted by molar-refractivity contribution is 0.102. The number of carbonyl (C=O) groups is 1. The highest BCUT2D eigenvalue weighted by atomic mass is 19.1. The van der Waals surface area contributed by atoms with Crippen molar-refractivity contribution in [2.24, 2.45) is 5.84 Å². The number of carbonyl (C=O) groups excluding carboxylic acids is 1. The molecule has 0 aliphatic heterocycles. The van der Waals surface area contributed by atoms with Crippen LogP contribution in [0.1, 0.15) is 10.5 Å². The van der Waals surface area contributed by atoms with Gasteiger partial charge in [0.1, 0.15) is 5.69 Å². The topological polar surface area (TPSA) is 106 Å². The average molecular weight is 248 g/mol. The fraction of sp³-hybridized carbons (Fsp3) is 0. The van der Waals surface area contributed by atoms with Crippen LogP contribution in [-0.4, -0.2) is 20.9 Å². The smallest absolute Gasteiger partial charge is 0.276 e. The second-order valence-electron chi connectivity index (χ2n) is 3.24. The first kappa shape index (κ1) is 11.9. The van der Waals surface area contributed by atoms with E-state index in [4.69, 9.17) is 5.84 Å². The monoisotopic (exact) mass is 248 g/mol. The number of nitrogens with one attached hydrogen (secondary N) is 2. The van der Waals surface area contributed by atoms with E-state index < -0.39 is 11.7 Å². The van der Waals surface area contributed by atoms with E-state index in [1.807, 2.05) is 0 Å². The van der Waals surface area contributed by atoms with Crippen molar-refractivity contribution in [2.45, 2.75) is 0 Å². The SMILES string of the molecule is NNc1cncc(C(=O)Nc2ccncc2F)n1. The van der Waals surface area contributed by atoms with Gasteiger partial charge in [0.05, 0.1) is 24.3 Å². The molecule has 2 rings (SSSR count). The first-order valence-corrected chi connectivity index (χ1v) is 4.90. The van der Waals surface area contributed by atoms with E-state index in [1.54, 1.807) is 0 Å². The molecule has 2 aromatic rings. The van der Waals surface area contributed by atoms with Crippen LogP contribution in [0.2, 0.25) is 0 Å². The predicted octanol–water partition coefficient (Wildman–Crippen LogP) is 0.549. The summed E-state index contributed by atoms with van der Waals surface area (Å²) in [7, 11) is 0. The van der Waals surface area contributed by atoms with Crippen LogP contribution >= 0.6 is 0 Å². The number of anilines is 2. The predicted molar refractivity (Wildman–Crippen MR) is 62.0 cm³/mol. The molecule has 92 valence electrons. The van der Waals surface area contributed by atoms with Crippen molar-refractivity contribution >= 4 is 17.4 Å². The lowest BCUT2D eigenvalue weighted by Gasteiger charge is -2.05. The molecule has 2 aromatic heterocycles. The van der Waals surface area contributed by atoms with Crippen molar-refractivity contribution < 1.29 is 9.18 Å². The maximum atomic E-state index is 13.3. The molecule has 0 atom stereocenters. The minimum atomic E-state index is -0.632. The van der Waals surface area contributed by atoms with Crippen LogP contribution in [0.25, 0.3) is 0 Å². The van der Waals surface area contributed by atoms with E-state index in [2.05, 4.69) is 25.7 Å². The zero-order valence-electron chi connectivity index (χ0n) is 9.09. The van der Waals surface area contributed by atoms with Crippen molar-refractivity contribution in [2.75, 3.05) is 10.7 Å². The maximum Gasteiger partial charge on any atom is 0.276 e. The maximum absolute atomic E-state index is 13.3. The standard InChI is InChI=1S/C10H9FN6O/c11-6-3-13-2-1-7(6)16-10(18)8-4-14-5-9(15-8)17-12/h1-5H,12H2,(H,15,17)(H,13,16,18). The van der Waals surface area contributed by atoms with Crippen molar-refractivity contribution in [3.8, 4) is 0 Å². The highest BCUT2D eigenvalue weighted by Crippen LogP contribution is 2.12. The Morgan fingerprint density at radius 1 is 1.28 bits per heavy atom. The van der Waals surface area contributed by atoms with Crippen LogP contribution < -0.4 is 16.6 Å². The van der Waals surface area contributed by atoms with E-state index >= 15 is 0 Å². The number of hydrogen-bond donors (Lipinski definition) is 3. The molecule has 7 nitrogen and oxygen atoms in total. The normalized spacial score (nSPS) is 9.89. The Morgan fingerprint density at radius 3 is 2.83 bits per heavy atom. The highest BCUT2D eigenvalue weighted by Gasteiger charge is 2.11. The molecule has 0 unspecified atom stereocenters. The molecule has 0 spiro atoms. The summed E-state index contributed by atoms with van der Waals surface area (Å²) in [6.45, 7) is 0. The molecule has 0 fully saturated rings. The molecule has 0 bridgehead atoms. The van der Waals surface area contributed by atoms with Gasteiger partial charge in [-0.2, -0.15) is 0 Å². The summed E-state index contributed by atoms with van der Waals surface area (Å²) in [6, 6.07) is 1.34. The minimum absolute atomic E-state index is 0.0154. The number of nitrogens with two attached hydrogens (primary N) is 1. The summed E-state index contributed by atoms with van der Waals surface area (Å²) in [5.74, 6) is 4.15. The van der Waals surface area contributed by atoms with Crippen molar-refractivity contribution in [3.63, 3.8) is 0 Å². The van der Waals surface area contributed by atoms with Crippen molar-refractivity contribution in [3.05, 3.63) is 42.4 Å². The number of nitrogen functional groups attached to an aromatic ring is 1. The van der Waals surface area contributed by atoms with Gasteiger partial charge in [-0.15, -0.1) is 0 Å². The molecule has 0 aromatic carbocycles. The molecule has 4 N–H and O–H groups in total. The van der Waals surface area contributed by atoms with Gasteiger partial charge in [-0.05, 0) is 6.07 Å². The molecular formula is C10H9FN6O. The van der Waals surface area contributed by atoms with Crippen LogP contribution in [0.5, 0.6) is 0 Å². The number of hydrogen-bond acceptors (Lipinski definition) is 6. The van der Waals surface area contributed by atoms with Gasteiger partial charge in [0.25, 0.3) is 5.91 Å². The fourth-order valence-corrected chi connectivity index (χ4v) is 1.21. The number of pyridine rings is 1. The molecule has 0 radical (unpaired) electrons. The molecule has 0 saturated carbocycles. The second kappa shape index (κ2) is 5.15. The quantitative estimate of drug-likeness (QED) is 0.541. The van der Waals surface area contributed by atoms with E-state index in [0.29, 0.717) is 0 Å². The summed E-state index contributed by atoms with van der Waals surface area (Å²) < 4.78 is 13.3. The van der Waals surface area contributed by atoms with Gasteiger partial charge in [0.15, 0.2) is 11.6 Å². The Bertz CT molecular complexity index is 576. The number of rotatable bonds is 3. The third-order valence-electron chi connectivity index (χ3n) is 2.04. The van der Waals surface area contributed by atoms with Gasteiger partial charge < -0.3 is 10.7 Å². The summed E-state index contributed by atoms with van der Waals surface area (Å²) in [5.41, 5.74) is 2.29. The summed E-state index contributed by atoms with van der Waals surface area (Å²) in [6.07, 6.45) is 4.96. The van der Waals surface area contributed by atoms with E-state index in [0.717, 1.165) is 6.20 Å². The van der Waals surface area contributed by atoms with Gasteiger partial charge in [-0.1, -0.05) is 0 Å². The number of amides is 1. The molecule has 0 aliphatic rings. The Hall–Kier alpha value is -2.61. The number of aromatic nitrogens is 3. The minimum Gasteiger partial charge on any atom is -0.318 e. The largest absolute Gasteiger partial charge is 0.318 e. The van der Waals surface area contributed by atoms with Crippen LogP contribution in [-0.2, 0) is 0 Å². The zero-order valence-corrected chi connectivity index (χ0v) is 9.09. The third-order valence-corrected chi connectivity index (χ3v) is 2.04. The molecule has 1 amide bonds. The van der Waals surface area contributed by atoms with Crippen LogP contribution in [0, 0.1) is 5.82 Å². The Morgan fingerprint density at radius 2 is 2.11 bits per heavy atom. The van der Waals surface area contributed by atoms with E-state index in [-0.39, 0.29) is 17.2 Å². The Kier molecular flexibility index (Phi) is 3.39. The van der Waals surface area contributed by atoms with Gasteiger partial charge >= 0.3 is 0 Å². The van der Waals surface area contributed by atoms with Crippen LogP contribution in [0.3, 0.4) is 0 Å². The molecule has 0 aliphatic carbocycles.